The topological polar surface area (TPSA) is 71.0 Å². The average Bonchev–Trinajstić information content (AvgIpc) is 3.02. The number of amides is 1. The van der Waals surface area contributed by atoms with E-state index in [4.69, 9.17) is 9.47 Å². The van der Waals surface area contributed by atoms with E-state index in [1.165, 1.54) is 12.5 Å². The van der Waals surface area contributed by atoms with Gasteiger partial charge in [-0.05, 0) is 40.4 Å². The monoisotopic (exact) mass is 564 g/mol. The van der Waals surface area contributed by atoms with E-state index in [-0.39, 0.29) is 30.6 Å². The largest absolute Gasteiger partial charge is 0.392 e. The number of carbonyl (C=O) groups excluding carboxylic acids is 1. The number of nitrogens with zero attached hydrogens (tertiary/aromatic N) is 1. The smallest absolute Gasteiger partial charge is 0.217 e. The van der Waals surface area contributed by atoms with Crippen LogP contribution < -0.4 is 5.32 Å². The van der Waals surface area contributed by atoms with Gasteiger partial charge in [-0.25, -0.2) is 0 Å². The fourth-order valence-corrected chi connectivity index (χ4v) is 5.59. The molecule has 0 aromatic heterocycles. The van der Waals surface area contributed by atoms with Gasteiger partial charge in [0, 0.05) is 38.0 Å². The van der Waals surface area contributed by atoms with Crippen molar-refractivity contribution in [1.29, 1.82) is 0 Å². The number of likely N-dealkylation sites (N-methyl/N-ethyl adjacent to an activating group) is 1. The van der Waals surface area contributed by atoms with Crippen LogP contribution in [0.1, 0.15) is 54.1 Å². The summed E-state index contributed by atoms with van der Waals surface area (Å²) in [5.74, 6) is 0.0601. The molecule has 4 atom stereocenters. The van der Waals surface area contributed by atoms with E-state index in [1.54, 1.807) is 0 Å². The zero-order valence-corrected chi connectivity index (χ0v) is 24.6. The Morgan fingerprint density at radius 2 is 1.50 bits per heavy atom. The van der Waals surface area contributed by atoms with E-state index in [2.05, 4.69) is 90.9 Å². The van der Waals surface area contributed by atoms with Gasteiger partial charge in [-0.1, -0.05) is 110 Å². The van der Waals surface area contributed by atoms with Gasteiger partial charge in [-0.3, -0.25) is 9.69 Å². The first kappa shape index (κ1) is 29.7. The van der Waals surface area contributed by atoms with Crippen LogP contribution in [0.25, 0.3) is 11.1 Å². The van der Waals surface area contributed by atoms with Gasteiger partial charge in [0.05, 0.1) is 18.8 Å². The van der Waals surface area contributed by atoms with Crippen LogP contribution in [0, 0.1) is 5.92 Å². The Hall–Kier alpha value is -3.81. The molecule has 6 nitrogen and oxygen atoms in total. The minimum atomic E-state index is -0.525. The van der Waals surface area contributed by atoms with Gasteiger partial charge < -0.3 is 19.9 Å². The Labute approximate surface area is 248 Å². The van der Waals surface area contributed by atoms with Gasteiger partial charge in [0.2, 0.25) is 5.91 Å². The molecular formula is C36H40N2O4. The summed E-state index contributed by atoms with van der Waals surface area (Å²) in [5.41, 5.74) is 7.39. The summed E-state index contributed by atoms with van der Waals surface area (Å²) in [4.78, 5) is 13.8. The molecule has 4 aromatic rings. The van der Waals surface area contributed by atoms with Crippen molar-refractivity contribution in [3.05, 3.63) is 131 Å². The van der Waals surface area contributed by atoms with Crippen molar-refractivity contribution in [2.75, 3.05) is 13.6 Å². The standard InChI is InChI=1S/C36H40N2O4/c1-25-34(23-38(3)22-27-9-5-4-6-10-27)41-36(42-35(25)30-15-13-28(24-39)14-16-30)31-19-17-29(18-20-31)33-12-8-7-11-32(33)21-37-26(2)40/h4-20,25,34-36,39H,21-24H2,1-3H3,(H,37,40). The highest BCUT2D eigenvalue weighted by molar-refractivity contribution is 5.74. The lowest BCUT2D eigenvalue weighted by Gasteiger charge is -2.42. The molecule has 42 heavy (non-hydrogen) atoms. The fourth-order valence-electron chi connectivity index (χ4n) is 5.59. The molecule has 1 aliphatic heterocycles. The second-order valence-electron chi connectivity index (χ2n) is 11.2. The van der Waals surface area contributed by atoms with Crippen LogP contribution in [0.3, 0.4) is 0 Å². The van der Waals surface area contributed by atoms with E-state index >= 15 is 0 Å². The number of aliphatic hydroxyl groups is 1. The Morgan fingerprint density at radius 3 is 2.19 bits per heavy atom. The van der Waals surface area contributed by atoms with E-state index in [1.807, 2.05) is 36.4 Å². The number of hydrogen-bond donors (Lipinski definition) is 2. The third-order valence-corrected chi connectivity index (χ3v) is 7.95. The normalized spacial score (nSPS) is 20.4. The Kier molecular flexibility index (Phi) is 9.82. The molecule has 4 unspecified atom stereocenters. The van der Waals surface area contributed by atoms with Crippen LogP contribution in [-0.4, -0.2) is 35.6 Å². The Balaban J connectivity index is 1.38. The van der Waals surface area contributed by atoms with Crippen LogP contribution >= 0.6 is 0 Å². The number of ether oxygens (including phenoxy) is 2. The zero-order chi connectivity index (χ0) is 29.5. The van der Waals surface area contributed by atoms with Gasteiger partial charge in [-0.15, -0.1) is 0 Å². The minimum absolute atomic E-state index is 0.0142. The SMILES string of the molecule is CC(=O)NCc1ccccc1-c1ccc(C2OC(CN(C)Cc3ccccc3)C(C)C(c3ccc(CO)cc3)O2)cc1. The molecule has 2 N–H and O–H groups in total. The summed E-state index contributed by atoms with van der Waals surface area (Å²) in [6.45, 7) is 5.81. The number of hydrogen-bond acceptors (Lipinski definition) is 5. The molecule has 0 radical (unpaired) electrons. The summed E-state index contributed by atoms with van der Waals surface area (Å²) in [6.07, 6.45) is -0.745. The molecule has 0 spiro atoms. The van der Waals surface area contributed by atoms with E-state index in [9.17, 15) is 9.90 Å². The molecule has 0 saturated carbocycles. The zero-order valence-electron chi connectivity index (χ0n) is 24.6. The first-order valence-electron chi connectivity index (χ1n) is 14.6. The van der Waals surface area contributed by atoms with Crippen LogP contribution in [0.4, 0.5) is 0 Å². The third-order valence-electron chi connectivity index (χ3n) is 7.95. The fraction of sp³-hybridized carbons (Fsp3) is 0.306. The minimum Gasteiger partial charge on any atom is -0.392 e. The van der Waals surface area contributed by atoms with Crippen molar-refractivity contribution < 1.29 is 19.4 Å². The van der Waals surface area contributed by atoms with Crippen LogP contribution in [0.15, 0.2) is 103 Å². The van der Waals surface area contributed by atoms with Crippen molar-refractivity contribution in [2.45, 2.75) is 52.0 Å². The van der Waals surface area contributed by atoms with Crippen molar-refractivity contribution in [2.24, 2.45) is 5.92 Å². The molecule has 0 bridgehead atoms. The quantitative estimate of drug-likeness (QED) is 0.233. The highest BCUT2D eigenvalue weighted by Crippen LogP contribution is 2.42. The molecular weight excluding hydrogens is 524 g/mol. The van der Waals surface area contributed by atoms with Crippen LogP contribution in [0.5, 0.6) is 0 Å². The maximum absolute atomic E-state index is 11.5. The molecule has 1 saturated heterocycles. The molecule has 5 rings (SSSR count). The molecule has 4 aromatic carbocycles. The van der Waals surface area contributed by atoms with Crippen molar-refractivity contribution >= 4 is 5.91 Å². The molecule has 6 heteroatoms. The average molecular weight is 565 g/mol. The predicted molar refractivity (Wildman–Crippen MR) is 165 cm³/mol. The predicted octanol–water partition coefficient (Wildman–Crippen LogP) is 6.41. The Bertz CT molecular complexity index is 1440. The van der Waals surface area contributed by atoms with Gasteiger partial charge >= 0.3 is 0 Å². The molecule has 1 fully saturated rings. The van der Waals surface area contributed by atoms with Gasteiger partial charge in [0.25, 0.3) is 0 Å². The highest BCUT2D eigenvalue weighted by Gasteiger charge is 2.38. The number of aliphatic hydroxyl groups excluding tert-OH is 1. The van der Waals surface area contributed by atoms with Crippen LogP contribution in [0.2, 0.25) is 0 Å². The summed E-state index contributed by atoms with van der Waals surface area (Å²) in [6, 6.07) is 34.9. The molecule has 1 amide bonds. The molecule has 1 heterocycles. The molecule has 0 aliphatic carbocycles. The lowest BCUT2D eigenvalue weighted by atomic mass is 9.90. The van der Waals surface area contributed by atoms with E-state index in [0.29, 0.717) is 6.54 Å². The molecule has 218 valence electrons. The maximum atomic E-state index is 11.5. The highest BCUT2D eigenvalue weighted by atomic mass is 16.7. The third kappa shape index (κ3) is 7.33. The van der Waals surface area contributed by atoms with Crippen molar-refractivity contribution in [3.8, 4) is 11.1 Å². The van der Waals surface area contributed by atoms with Crippen LogP contribution in [-0.2, 0) is 34.0 Å². The summed E-state index contributed by atoms with van der Waals surface area (Å²) in [7, 11) is 2.13. The summed E-state index contributed by atoms with van der Waals surface area (Å²) in [5, 5.41) is 12.5. The van der Waals surface area contributed by atoms with Crippen molar-refractivity contribution in [1.82, 2.24) is 10.2 Å². The number of nitrogens with one attached hydrogen (secondary N) is 1. The number of carbonyl (C=O) groups is 1. The van der Waals surface area contributed by atoms with E-state index in [0.717, 1.165) is 46.5 Å². The molecule has 1 aliphatic rings. The Morgan fingerprint density at radius 1 is 0.833 bits per heavy atom. The summed E-state index contributed by atoms with van der Waals surface area (Å²) >= 11 is 0. The van der Waals surface area contributed by atoms with Gasteiger partial charge in [-0.2, -0.15) is 0 Å². The number of rotatable bonds is 10. The first-order valence-corrected chi connectivity index (χ1v) is 14.6. The van der Waals surface area contributed by atoms with Gasteiger partial charge in [0.1, 0.15) is 0 Å². The first-order chi connectivity index (χ1) is 20.4. The lowest BCUT2D eigenvalue weighted by Crippen LogP contribution is -2.43. The summed E-state index contributed by atoms with van der Waals surface area (Å²) < 4.78 is 13.3. The van der Waals surface area contributed by atoms with Crippen molar-refractivity contribution in [3.63, 3.8) is 0 Å². The second kappa shape index (κ2) is 13.9. The second-order valence-corrected chi connectivity index (χ2v) is 11.2. The van der Waals surface area contributed by atoms with E-state index < -0.39 is 6.29 Å². The number of benzene rings is 4. The maximum Gasteiger partial charge on any atom is 0.217 e. The van der Waals surface area contributed by atoms with Gasteiger partial charge in [0.15, 0.2) is 6.29 Å². The lowest BCUT2D eigenvalue weighted by molar-refractivity contribution is -0.276.